The van der Waals surface area contributed by atoms with Crippen LogP contribution in [0.1, 0.15) is 11.8 Å². The van der Waals surface area contributed by atoms with Crippen LogP contribution in [0.3, 0.4) is 0 Å². The molecule has 0 aromatic carbocycles. The number of aromatic nitrogens is 2. The smallest absolute Gasteiger partial charge is 0.325 e. The third-order valence-electron chi connectivity index (χ3n) is 2.35. The number of hydrogen-bond acceptors (Lipinski definition) is 7. The number of aliphatic hydroxyl groups is 5. The fraction of sp³-hybridized carbons (Fsp3) is 0.556. The molecule has 9 nitrogen and oxygen atoms in total. The summed E-state index contributed by atoms with van der Waals surface area (Å²) in [5.41, 5.74) is -2.00. The van der Waals surface area contributed by atoms with Crippen molar-refractivity contribution in [2.75, 3.05) is 6.61 Å². The van der Waals surface area contributed by atoms with E-state index >= 15 is 0 Å². The van der Waals surface area contributed by atoms with Crippen molar-refractivity contribution in [1.82, 2.24) is 9.97 Å². The lowest BCUT2D eigenvalue weighted by Gasteiger charge is -2.25. The fourth-order valence-corrected chi connectivity index (χ4v) is 1.35. The molecule has 7 N–H and O–H groups in total. The number of hydrogen-bond donors (Lipinski definition) is 7. The summed E-state index contributed by atoms with van der Waals surface area (Å²) in [4.78, 5) is 25.8. The van der Waals surface area contributed by atoms with Crippen LogP contribution in [0.25, 0.3) is 0 Å². The van der Waals surface area contributed by atoms with Crippen molar-refractivity contribution >= 4 is 0 Å². The van der Waals surface area contributed by atoms with Crippen LogP contribution in [-0.2, 0) is 0 Å². The van der Waals surface area contributed by atoms with Crippen LogP contribution in [0.5, 0.6) is 0 Å². The van der Waals surface area contributed by atoms with Crippen molar-refractivity contribution in [2.24, 2.45) is 0 Å². The van der Waals surface area contributed by atoms with Gasteiger partial charge in [-0.3, -0.25) is 9.78 Å². The van der Waals surface area contributed by atoms with Crippen LogP contribution >= 0.6 is 0 Å². The minimum atomic E-state index is -1.88. The highest BCUT2D eigenvalue weighted by Crippen LogP contribution is 2.16. The first kappa shape index (κ1) is 14.5. The first-order valence-corrected chi connectivity index (χ1v) is 5.03. The Labute approximate surface area is 100.0 Å². The van der Waals surface area contributed by atoms with Crippen molar-refractivity contribution in [3.8, 4) is 0 Å². The topological polar surface area (TPSA) is 167 Å². The average molecular weight is 262 g/mol. The first-order valence-electron chi connectivity index (χ1n) is 5.03. The Kier molecular flexibility index (Phi) is 4.76. The SMILES string of the molecule is O=c1cc([C@@H](O)[C@@H](O)[C@H](O)[C@H](O)CO)[nH]c(=O)[nH]1. The van der Waals surface area contributed by atoms with Crippen molar-refractivity contribution in [3.63, 3.8) is 0 Å². The quantitative estimate of drug-likeness (QED) is 0.285. The van der Waals surface area contributed by atoms with Gasteiger partial charge >= 0.3 is 5.69 Å². The maximum atomic E-state index is 11.0. The van der Waals surface area contributed by atoms with Gasteiger partial charge in [0, 0.05) is 6.07 Å². The molecule has 0 saturated carbocycles. The van der Waals surface area contributed by atoms with E-state index in [4.69, 9.17) is 10.2 Å². The number of rotatable bonds is 5. The van der Waals surface area contributed by atoms with Crippen molar-refractivity contribution in [3.05, 3.63) is 32.6 Å². The van der Waals surface area contributed by atoms with Gasteiger partial charge in [-0.2, -0.15) is 0 Å². The summed E-state index contributed by atoms with van der Waals surface area (Å²) in [6.45, 7) is -0.823. The molecule has 1 aromatic heterocycles. The van der Waals surface area contributed by atoms with Gasteiger partial charge in [0.1, 0.15) is 24.4 Å². The lowest BCUT2D eigenvalue weighted by Crippen LogP contribution is -2.43. The van der Waals surface area contributed by atoms with Gasteiger partial charge in [-0.1, -0.05) is 0 Å². The third kappa shape index (κ3) is 3.24. The van der Waals surface area contributed by atoms with Crippen LogP contribution < -0.4 is 11.2 Å². The highest BCUT2D eigenvalue weighted by atomic mass is 16.4. The summed E-state index contributed by atoms with van der Waals surface area (Å²) in [6, 6.07) is 0.827. The molecular weight excluding hydrogens is 248 g/mol. The Morgan fingerprint density at radius 1 is 1.06 bits per heavy atom. The maximum absolute atomic E-state index is 11.0. The van der Waals surface area contributed by atoms with E-state index < -0.39 is 42.3 Å². The molecule has 4 atom stereocenters. The predicted octanol–water partition coefficient (Wildman–Crippen LogP) is -3.83. The largest absolute Gasteiger partial charge is 0.394 e. The van der Waals surface area contributed by atoms with Crippen LogP contribution in [-0.4, -0.2) is 60.4 Å². The molecule has 0 aliphatic carbocycles. The van der Waals surface area contributed by atoms with Crippen molar-refractivity contribution in [2.45, 2.75) is 24.4 Å². The zero-order chi connectivity index (χ0) is 13.9. The van der Waals surface area contributed by atoms with Crippen LogP contribution in [0, 0.1) is 0 Å². The van der Waals surface area contributed by atoms with Gasteiger partial charge in [0.15, 0.2) is 0 Å². The Bertz CT molecular complexity index is 468. The lowest BCUT2D eigenvalue weighted by atomic mass is 10.0. The molecule has 0 aliphatic rings. The lowest BCUT2D eigenvalue weighted by molar-refractivity contribution is -0.117. The molecule has 0 radical (unpaired) electrons. The van der Waals surface area contributed by atoms with Crippen molar-refractivity contribution in [1.29, 1.82) is 0 Å². The van der Waals surface area contributed by atoms with Crippen molar-refractivity contribution < 1.29 is 25.5 Å². The predicted molar refractivity (Wildman–Crippen MR) is 57.7 cm³/mol. The molecule has 0 unspecified atom stereocenters. The summed E-state index contributed by atoms with van der Waals surface area (Å²) in [6.07, 6.45) is -7.18. The second kappa shape index (κ2) is 5.89. The minimum Gasteiger partial charge on any atom is -0.394 e. The summed E-state index contributed by atoms with van der Waals surface area (Å²) in [5, 5.41) is 46.2. The second-order valence-electron chi connectivity index (χ2n) is 3.72. The van der Waals surface area contributed by atoms with E-state index in [1.165, 1.54) is 0 Å². The molecule has 102 valence electrons. The zero-order valence-electron chi connectivity index (χ0n) is 9.15. The number of aromatic amines is 2. The Morgan fingerprint density at radius 2 is 1.67 bits per heavy atom. The maximum Gasteiger partial charge on any atom is 0.325 e. The molecule has 0 bridgehead atoms. The molecule has 18 heavy (non-hydrogen) atoms. The van der Waals surface area contributed by atoms with E-state index in [1.54, 1.807) is 0 Å². The van der Waals surface area contributed by atoms with Gasteiger partial charge < -0.3 is 30.5 Å². The van der Waals surface area contributed by atoms with E-state index in [2.05, 4.69) is 4.98 Å². The fourth-order valence-electron chi connectivity index (χ4n) is 1.35. The molecule has 1 aromatic rings. The number of aliphatic hydroxyl groups excluding tert-OH is 5. The van der Waals surface area contributed by atoms with Gasteiger partial charge in [0.05, 0.1) is 12.3 Å². The number of H-pyrrole nitrogens is 2. The summed E-state index contributed by atoms with van der Waals surface area (Å²) >= 11 is 0. The molecule has 0 aliphatic heterocycles. The normalized spacial score (nSPS) is 18.1. The highest BCUT2D eigenvalue weighted by molar-refractivity contribution is 5.05. The monoisotopic (exact) mass is 262 g/mol. The van der Waals surface area contributed by atoms with Gasteiger partial charge in [-0.25, -0.2) is 4.79 Å². The van der Waals surface area contributed by atoms with Crippen LogP contribution in [0.4, 0.5) is 0 Å². The molecule has 0 spiro atoms. The summed E-state index contributed by atoms with van der Waals surface area (Å²) in [7, 11) is 0. The van der Waals surface area contributed by atoms with E-state index in [0.717, 1.165) is 6.07 Å². The van der Waals surface area contributed by atoms with Gasteiger partial charge in [-0.15, -0.1) is 0 Å². The molecule has 0 saturated heterocycles. The van der Waals surface area contributed by atoms with Crippen LogP contribution in [0.15, 0.2) is 15.7 Å². The summed E-state index contributed by atoms with van der Waals surface area (Å²) in [5.74, 6) is 0. The van der Waals surface area contributed by atoms with Crippen LogP contribution in [0.2, 0.25) is 0 Å². The molecule has 0 amide bonds. The standard InChI is InChI=1S/C9H14N2O7/c12-2-4(13)7(16)8(17)6(15)3-1-5(14)11-9(18)10-3/h1,4,6-8,12-13,15-17H,2H2,(H2,10,11,14,18)/t4-,6-,7-,8-/m1/s1. The zero-order valence-corrected chi connectivity index (χ0v) is 9.15. The van der Waals surface area contributed by atoms with Gasteiger partial charge in [0.25, 0.3) is 5.56 Å². The minimum absolute atomic E-state index is 0.319. The number of nitrogens with one attached hydrogen (secondary N) is 2. The van der Waals surface area contributed by atoms with Gasteiger partial charge in [-0.05, 0) is 0 Å². The van der Waals surface area contributed by atoms with E-state index in [1.807, 2.05) is 4.98 Å². The Morgan fingerprint density at radius 3 is 2.17 bits per heavy atom. The molecule has 0 fully saturated rings. The van der Waals surface area contributed by atoms with E-state index in [-0.39, 0.29) is 5.69 Å². The second-order valence-corrected chi connectivity index (χ2v) is 3.72. The van der Waals surface area contributed by atoms with Gasteiger partial charge in [0.2, 0.25) is 0 Å². The highest BCUT2D eigenvalue weighted by Gasteiger charge is 2.31. The molecule has 1 rings (SSSR count). The summed E-state index contributed by atoms with van der Waals surface area (Å²) < 4.78 is 0. The Hall–Kier alpha value is -1.52. The molecule has 1 heterocycles. The average Bonchev–Trinajstić information content (AvgIpc) is 2.33. The molecule has 9 heteroatoms. The first-order chi connectivity index (χ1) is 8.36. The molecular formula is C9H14N2O7. The van der Waals surface area contributed by atoms with E-state index in [0.29, 0.717) is 0 Å². The Balaban J connectivity index is 2.95. The third-order valence-corrected chi connectivity index (χ3v) is 2.35. The van der Waals surface area contributed by atoms with E-state index in [9.17, 15) is 24.9 Å².